The van der Waals surface area contributed by atoms with Crippen LogP contribution in [0.2, 0.25) is 0 Å². The molecule has 0 aliphatic heterocycles. The van der Waals surface area contributed by atoms with Gasteiger partial charge in [0.1, 0.15) is 0 Å². The topological polar surface area (TPSA) is 114 Å². The van der Waals surface area contributed by atoms with Gasteiger partial charge in [-0.2, -0.15) is 4.73 Å². The number of carboxylic acids is 2. The molecule has 0 atom stereocenters. The Morgan fingerprint density at radius 3 is 1.92 bits per heavy atom. The van der Waals surface area contributed by atoms with Crippen molar-refractivity contribution in [2.24, 2.45) is 0 Å². The van der Waals surface area contributed by atoms with Crippen molar-refractivity contribution in [1.82, 2.24) is 4.98 Å². The van der Waals surface area contributed by atoms with Crippen molar-refractivity contribution in [3.05, 3.63) is 65.4 Å². The zero-order valence-electron chi connectivity index (χ0n) is 14.6. The summed E-state index contributed by atoms with van der Waals surface area (Å²) in [4.78, 5) is 25.5. The molecule has 0 unspecified atom stereocenters. The molecule has 7 heteroatoms. The molecule has 2 N–H and O–H groups in total. The Bertz CT molecular complexity index is 743. The zero-order valence-corrected chi connectivity index (χ0v) is 14.6. The molecule has 0 spiro atoms. The normalized spacial score (nSPS) is 10.8. The van der Waals surface area contributed by atoms with Gasteiger partial charge in [-0.1, -0.05) is 13.5 Å². The van der Waals surface area contributed by atoms with Gasteiger partial charge in [0, 0.05) is 24.0 Å². The van der Waals surface area contributed by atoms with E-state index in [0.29, 0.717) is 10.3 Å². The molecule has 0 fully saturated rings. The first kappa shape index (κ1) is 23.0. The van der Waals surface area contributed by atoms with E-state index < -0.39 is 22.8 Å². The molecule has 0 saturated carbocycles. The molecule has 142 valence electrons. The van der Waals surface area contributed by atoms with Crippen LogP contribution in [0.4, 0.5) is 0 Å². The van der Waals surface area contributed by atoms with E-state index in [9.17, 15) is 14.8 Å². The van der Waals surface area contributed by atoms with Gasteiger partial charge in [0.25, 0.3) is 0 Å². The smallest absolute Gasteiger partial charge is 0.313 e. The highest BCUT2D eigenvalue weighted by Crippen LogP contribution is 2.22. The average Bonchev–Trinajstić information content (AvgIpc) is 2.56. The van der Waals surface area contributed by atoms with Crippen molar-refractivity contribution in [2.45, 2.75) is 46.0 Å². The summed E-state index contributed by atoms with van der Waals surface area (Å²) in [7, 11) is 0. The highest BCUT2D eigenvalue weighted by atomic mass is 16.5. The number of aliphatic carboxylic acids is 2. The summed E-state index contributed by atoms with van der Waals surface area (Å²) in [6.45, 7) is 6.44. The summed E-state index contributed by atoms with van der Waals surface area (Å²) in [6.07, 6.45) is 5.80. The van der Waals surface area contributed by atoms with Crippen LogP contribution in [0.3, 0.4) is 0 Å². The lowest BCUT2D eigenvalue weighted by Gasteiger charge is -2.18. The van der Waals surface area contributed by atoms with Gasteiger partial charge in [0.2, 0.25) is 0 Å². The Hall–Kier alpha value is -2.96. The van der Waals surface area contributed by atoms with Gasteiger partial charge in [-0.15, -0.1) is 0 Å². The summed E-state index contributed by atoms with van der Waals surface area (Å²) < 4.78 is 0.597. The number of hydrogen-bond donors (Lipinski definition) is 2. The van der Waals surface area contributed by atoms with E-state index in [1.54, 1.807) is 58.3 Å². The number of aromatic nitrogens is 2. The largest absolute Gasteiger partial charge is 0.619 e. The minimum atomic E-state index is -1.02. The Morgan fingerprint density at radius 2 is 1.50 bits per heavy atom. The Morgan fingerprint density at radius 1 is 1.00 bits per heavy atom. The van der Waals surface area contributed by atoms with Crippen molar-refractivity contribution in [3.63, 3.8) is 0 Å². The number of hydrogen-bond acceptors (Lipinski definition) is 4. The molecule has 26 heavy (non-hydrogen) atoms. The molecule has 2 aromatic heterocycles. The van der Waals surface area contributed by atoms with Crippen molar-refractivity contribution < 1.29 is 24.5 Å². The number of carbonyl (C=O) groups is 2. The molecule has 0 bridgehead atoms. The third-order valence-corrected chi connectivity index (χ3v) is 3.95. The summed E-state index contributed by atoms with van der Waals surface area (Å²) in [5, 5.41) is 28.6. The maximum absolute atomic E-state index is 10.9. The third kappa shape index (κ3) is 5.54. The van der Waals surface area contributed by atoms with Gasteiger partial charge in [0.15, 0.2) is 12.4 Å². The lowest BCUT2D eigenvalue weighted by atomic mass is 9.86. The predicted octanol–water partition coefficient (Wildman–Crippen LogP) is 2.76. The molecule has 0 aliphatic rings. The van der Waals surface area contributed by atoms with Crippen molar-refractivity contribution >= 4 is 11.9 Å². The fourth-order valence-electron chi connectivity index (χ4n) is 1.80. The van der Waals surface area contributed by atoms with E-state index in [-0.39, 0.29) is 7.43 Å². The van der Waals surface area contributed by atoms with Crippen LogP contribution in [0.5, 0.6) is 0 Å². The molecular formula is C19H26N2O5. The van der Waals surface area contributed by atoms with E-state index in [1.165, 1.54) is 18.5 Å². The molecule has 2 aromatic rings. The second-order valence-electron chi connectivity index (χ2n) is 6.55. The molecule has 0 aliphatic carbocycles. The Balaban J connectivity index is 0.000000464. The second-order valence-corrected chi connectivity index (χ2v) is 6.55. The minimum Gasteiger partial charge on any atom is -0.619 e. The van der Waals surface area contributed by atoms with Crippen LogP contribution < -0.4 is 4.73 Å². The van der Waals surface area contributed by atoms with Crippen molar-refractivity contribution in [1.29, 1.82) is 0 Å². The number of carboxylic acid groups (broad SMARTS) is 2. The highest BCUT2D eigenvalue weighted by Gasteiger charge is 2.31. The first-order valence-electron chi connectivity index (χ1n) is 7.56. The van der Waals surface area contributed by atoms with Gasteiger partial charge in [-0.25, -0.2) is 0 Å². The SMILES string of the molecule is C.CC(C)(C(=O)O)c1ccc[n+]([O-])c1.CC(C)(C(=O)O)c1cccnc1. The number of pyridine rings is 2. The first-order chi connectivity index (χ1) is 11.5. The van der Waals surface area contributed by atoms with Crippen LogP contribution in [0, 0.1) is 5.21 Å². The van der Waals surface area contributed by atoms with E-state index in [1.807, 2.05) is 0 Å². The van der Waals surface area contributed by atoms with Crippen molar-refractivity contribution in [2.75, 3.05) is 0 Å². The molecule has 0 aromatic carbocycles. The predicted molar refractivity (Wildman–Crippen MR) is 97.7 cm³/mol. The van der Waals surface area contributed by atoms with Gasteiger partial charge in [-0.05, 0) is 45.4 Å². The molecule has 0 saturated heterocycles. The lowest BCUT2D eigenvalue weighted by Crippen LogP contribution is -2.33. The van der Waals surface area contributed by atoms with E-state index >= 15 is 0 Å². The maximum atomic E-state index is 10.9. The highest BCUT2D eigenvalue weighted by molar-refractivity contribution is 5.80. The molecule has 0 radical (unpaired) electrons. The number of nitrogens with zero attached hydrogens (tertiary/aromatic N) is 2. The van der Waals surface area contributed by atoms with Crippen LogP contribution >= 0.6 is 0 Å². The van der Waals surface area contributed by atoms with Gasteiger partial charge < -0.3 is 15.4 Å². The van der Waals surface area contributed by atoms with Crippen LogP contribution in [-0.2, 0) is 20.4 Å². The van der Waals surface area contributed by atoms with Gasteiger partial charge in [0.05, 0.1) is 10.8 Å². The first-order valence-corrected chi connectivity index (χ1v) is 7.56. The van der Waals surface area contributed by atoms with E-state index in [0.717, 1.165) is 5.56 Å². The van der Waals surface area contributed by atoms with E-state index in [4.69, 9.17) is 10.2 Å². The quantitative estimate of drug-likeness (QED) is 0.638. The average molecular weight is 362 g/mol. The standard InChI is InChI=1S/C9H11NO3.C9H11NO2.CH4/c1-9(2,8(11)12)7-4-3-5-10(13)6-7;1-9(2,8(11)12)7-4-3-5-10-6-7;/h3-6H,1-2H3,(H,11,12);3-6H,1-2H3,(H,11,12);1H4. The van der Waals surface area contributed by atoms with E-state index in [2.05, 4.69) is 4.98 Å². The molecule has 2 heterocycles. The number of rotatable bonds is 4. The van der Waals surface area contributed by atoms with Crippen LogP contribution in [0.15, 0.2) is 49.1 Å². The lowest BCUT2D eigenvalue weighted by molar-refractivity contribution is -0.606. The molecule has 7 nitrogen and oxygen atoms in total. The van der Waals surface area contributed by atoms with Crippen molar-refractivity contribution in [3.8, 4) is 0 Å². The van der Waals surface area contributed by atoms with Gasteiger partial charge >= 0.3 is 11.9 Å². The summed E-state index contributed by atoms with van der Waals surface area (Å²) in [5.41, 5.74) is -0.656. The Kier molecular flexibility index (Phi) is 7.92. The summed E-state index contributed by atoms with van der Waals surface area (Å²) in [6, 6.07) is 6.66. The zero-order chi connectivity index (χ0) is 19.3. The molecule has 0 amide bonds. The summed E-state index contributed by atoms with van der Waals surface area (Å²) >= 11 is 0. The Labute approximate surface area is 153 Å². The van der Waals surface area contributed by atoms with Gasteiger partial charge in [-0.3, -0.25) is 14.6 Å². The van der Waals surface area contributed by atoms with Crippen LogP contribution in [0.25, 0.3) is 0 Å². The molecular weight excluding hydrogens is 336 g/mol. The monoisotopic (exact) mass is 362 g/mol. The maximum Gasteiger partial charge on any atom is 0.313 e. The summed E-state index contributed by atoms with van der Waals surface area (Å²) in [5.74, 6) is -1.78. The van der Waals surface area contributed by atoms with Crippen LogP contribution in [-0.4, -0.2) is 27.1 Å². The third-order valence-electron chi connectivity index (χ3n) is 3.95. The molecule has 2 rings (SSSR count). The fraction of sp³-hybridized carbons (Fsp3) is 0.368. The fourth-order valence-corrected chi connectivity index (χ4v) is 1.80. The van der Waals surface area contributed by atoms with Crippen LogP contribution in [0.1, 0.15) is 46.2 Å². The second kappa shape index (κ2) is 8.94. The minimum absolute atomic E-state index is 0.